The van der Waals surface area contributed by atoms with Crippen molar-refractivity contribution in [2.75, 3.05) is 13.1 Å². The highest BCUT2D eigenvalue weighted by atomic mass is 35.5. The minimum absolute atomic E-state index is 0.0861. The van der Waals surface area contributed by atoms with Gasteiger partial charge in [-0.2, -0.15) is 4.31 Å². The van der Waals surface area contributed by atoms with Crippen molar-refractivity contribution in [1.29, 1.82) is 0 Å². The molecule has 0 amide bonds. The van der Waals surface area contributed by atoms with Crippen LogP contribution in [0.25, 0.3) is 0 Å². The van der Waals surface area contributed by atoms with Crippen molar-refractivity contribution >= 4 is 33.4 Å². The molecule has 0 N–H and O–H groups in total. The van der Waals surface area contributed by atoms with E-state index < -0.39 is 10.0 Å². The van der Waals surface area contributed by atoms with Crippen LogP contribution in [0.3, 0.4) is 0 Å². The van der Waals surface area contributed by atoms with Gasteiger partial charge in [0, 0.05) is 23.7 Å². The largest absolute Gasteiger partial charge is 0.426 e. The van der Waals surface area contributed by atoms with Gasteiger partial charge >= 0.3 is 5.97 Å². The minimum atomic E-state index is -3.72. The maximum atomic E-state index is 12.9. The van der Waals surface area contributed by atoms with Crippen molar-refractivity contribution in [2.45, 2.75) is 31.6 Å². The molecule has 0 unspecified atom stereocenters. The van der Waals surface area contributed by atoms with Gasteiger partial charge in [0.1, 0.15) is 5.75 Å². The number of Topliss-reactive ketones (excluding diaryl/α,β-unsaturated/α-hetero) is 1. The third kappa shape index (κ3) is 4.86. The molecular weight excluding hydrogens is 414 g/mol. The van der Waals surface area contributed by atoms with Crippen LogP contribution in [0.2, 0.25) is 5.02 Å². The van der Waals surface area contributed by atoms with Gasteiger partial charge < -0.3 is 4.74 Å². The molecule has 1 saturated heterocycles. The molecular formula is C21H22ClNO5S. The van der Waals surface area contributed by atoms with Gasteiger partial charge in [0.15, 0.2) is 5.78 Å². The van der Waals surface area contributed by atoms with Crippen molar-refractivity contribution in [1.82, 2.24) is 4.31 Å². The predicted molar refractivity (Wildman–Crippen MR) is 110 cm³/mol. The second-order valence-electron chi connectivity index (χ2n) is 7.09. The molecule has 8 heteroatoms. The SMILES string of the molecule is CC(=O)c1cccc(S(=O)(=O)N2CCC(C(=O)Oc3ccc(Cl)cc3C)CC2)c1. The van der Waals surface area contributed by atoms with Gasteiger partial charge in [-0.05, 0) is 62.6 Å². The van der Waals surface area contributed by atoms with E-state index in [1.807, 2.05) is 0 Å². The summed E-state index contributed by atoms with van der Waals surface area (Å²) in [5, 5.41) is 0.564. The molecule has 1 aliphatic rings. The lowest BCUT2D eigenvalue weighted by Gasteiger charge is -2.30. The highest BCUT2D eigenvalue weighted by Gasteiger charge is 2.33. The Bertz CT molecular complexity index is 1040. The highest BCUT2D eigenvalue weighted by Crippen LogP contribution is 2.27. The second-order valence-corrected chi connectivity index (χ2v) is 9.47. The van der Waals surface area contributed by atoms with Gasteiger partial charge in [-0.3, -0.25) is 9.59 Å². The van der Waals surface area contributed by atoms with Crippen LogP contribution in [-0.4, -0.2) is 37.6 Å². The summed E-state index contributed by atoms with van der Waals surface area (Å²) >= 11 is 5.92. The first-order valence-electron chi connectivity index (χ1n) is 9.27. The minimum Gasteiger partial charge on any atom is -0.426 e. The summed E-state index contributed by atoms with van der Waals surface area (Å²) < 4.78 is 32.6. The molecule has 0 atom stereocenters. The Labute approximate surface area is 175 Å². The first-order valence-corrected chi connectivity index (χ1v) is 11.1. The number of aryl methyl sites for hydroxylation is 1. The van der Waals surface area contributed by atoms with E-state index in [0.717, 1.165) is 5.56 Å². The zero-order chi connectivity index (χ0) is 21.2. The Morgan fingerprint density at radius 3 is 2.41 bits per heavy atom. The summed E-state index contributed by atoms with van der Waals surface area (Å²) in [5.41, 5.74) is 1.11. The summed E-state index contributed by atoms with van der Waals surface area (Å²) in [6.45, 7) is 3.63. The molecule has 1 heterocycles. The first kappa shape index (κ1) is 21.5. The molecule has 2 aromatic rings. The van der Waals surface area contributed by atoms with Crippen LogP contribution in [0.4, 0.5) is 0 Å². The van der Waals surface area contributed by atoms with Gasteiger partial charge in [-0.15, -0.1) is 0 Å². The molecule has 0 radical (unpaired) electrons. The Morgan fingerprint density at radius 2 is 1.79 bits per heavy atom. The molecule has 0 bridgehead atoms. The number of ether oxygens (including phenoxy) is 1. The van der Waals surface area contributed by atoms with Gasteiger partial charge in [0.2, 0.25) is 10.0 Å². The lowest BCUT2D eigenvalue weighted by Crippen LogP contribution is -2.41. The van der Waals surface area contributed by atoms with E-state index >= 15 is 0 Å². The smallest absolute Gasteiger partial charge is 0.314 e. The van der Waals surface area contributed by atoms with Gasteiger partial charge in [-0.1, -0.05) is 23.7 Å². The number of nitrogens with zero attached hydrogens (tertiary/aromatic N) is 1. The number of hydrogen-bond acceptors (Lipinski definition) is 5. The molecule has 1 aliphatic heterocycles. The molecule has 2 aromatic carbocycles. The van der Waals surface area contributed by atoms with Crippen LogP contribution in [0.1, 0.15) is 35.7 Å². The van der Waals surface area contributed by atoms with Gasteiger partial charge in [-0.25, -0.2) is 8.42 Å². The maximum absolute atomic E-state index is 12.9. The topological polar surface area (TPSA) is 80.8 Å². The zero-order valence-corrected chi connectivity index (χ0v) is 17.8. The standard InChI is InChI=1S/C21H22ClNO5S/c1-14-12-18(22)6-7-20(14)28-21(25)16-8-10-23(11-9-16)29(26,27)19-5-3-4-17(13-19)15(2)24/h3-7,12-13,16H,8-11H2,1-2H3. The molecule has 0 aliphatic carbocycles. The number of carbonyl (C=O) groups is 2. The predicted octanol–water partition coefficient (Wildman–Crippen LogP) is 3.86. The fourth-order valence-corrected chi connectivity index (χ4v) is 5.02. The number of esters is 1. The number of benzene rings is 2. The van der Waals surface area contributed by atoms with E-state index in [1.165, 1.54) is 23.4 Å². The Balaban J connectivity index is 1.65. The number of ketones is 1. The van der Waals surface area contributed by atoms with Crippen LogP contribution >= 0.6 is 11.6 Å². The van der Waals surface area contributed by atoms with Crippen molar-refractivity contribution in [2.24, 2.45) is 5.92 Å². The summed E-state index contributed by atoms with van der Waals surface area (Å²) in [4.78, 5) is 24.1. The number of carbonyl (C=O) groups excluding carboxylic acids is 2. The van der Waals surface area contributed by atoms with Crippen LogP contribution in [0.15, 0.2) is 47.4 Å². The number of halogens is 1. The molecule has 1 fully saturated rings. The summed E-state index contributed by atoms with van der Waals surface area (Å²) in [7, 11) is -3.72. The molecule has 29 heavy (non-hydrogen) atoms. The Morgan fingerprint density at radius 1 is 1.10 bits per heavy atom. The molecule has 154 valence electrons. The Hall–Kier alpha value is -2.22. The monoisotopic (exact) mass is 435 g/mol. The molecule has 6 nitrogen and oxygen atoms in total. The van der Waals surface area contributed by atoms with E-state index in [2.05, 4.69) is 0 Å². The van der Waals surface area contributed by atoms with Gasteiger partial charge in [0.25, 0.3) is 0 Å². The van der Waals surface area contributed by atoms with Gasteiger partial charge in [0.05, 0.1) is 10.8 Å². The molecule has 0 spiro atoms. The number of sulfonamides is 1. The number of rotatable bonds is 5. The normalized spacial score (nSPS) is 15.8. The van der Waals surface area contributed by atoms with Crippen LogP contribution in [-0.2, 0) is 14.8 Å². The Kier molecular flexibility index (Phi) is 6.41. The van der Waals surface area contributed by atoms with E-state index in [0.29, 0.717) is 29.2 Å². The lowest BCUT2D eigenvalue weighted by molar-refractivity contribution is -0.140. The summed E-state index contributed by atoms with van der Waals surface area (Å²) in [6, 6.07) is 11.0. The molecule has 0 aromatic heterocycles. The van der Waals surface area contributed by atoms with E-state index in [-0.39, 0.29) is 35.7 Å². The average Bonchev–Trinajstić information content (AvgIpc) is 2.70. The third-order valence-corrected chi connectivity index (χ3v) is 7.14. The zero-order valence-electron chi connectivity index (χ0n) is 16.2. The first-order chi connectivity index (χ1) is 13.7. The third-order valence-electron chi connectivity index (χ3n) is 5.01. The number of piperidine rings is 1. The highest BCUT2D eigenvalue weighted by molar-refractivity contribution is 7.89. The van der Waals surface area contributed by atoms with E-state index in [9.17, 15) is 18.0 Å². The van der Waals surface area contributed by atoms with Crippen molar-refractivity contribution in [3.63, 3.8) is 0 Å². The van der Waals surface area contributed by atoms with Crippen molar-refractivity contribution in [3.8, 4) is 5.75 Å². The lowest BCUT2D eigenvalue weighted by atomic mass is 9.98. The molecule has 3 rings (SSSR count). The average molecular weight is 436 g/mol. The fourth-order valence-electron chi connectivity index (χ4n) is 3.28. The van der Waals surface area contributed by atoms with Crippen molar-refractivity contribution in [3.05, 3.63) is 58.6 Å². The molecule has 0 saturated carbocycles. The van der Waals surface area contributed by atoms with Crippen LogP contribution in [0.5, 0.6) is 5.75 Å². The number of hydrogen-bond donors (Lipinski definition) is 0. The summed E-state index contributed by atoms with van der Waals surface area (Å²) in [6.07, 6.45) is 0.744. The summed E-state index contributed by atoms with van der Waals surface area (Å²) in [5.74, 6) is -0.484. The quantitative estimate of drug-likeness (QED) is 0.404. The van der Waals surface area contributed by atoms with E-state index in [4.69, 9.17) is 16.3 Å². The fraction of sp³-hybridized carbons (Fsp3) is 0.333. The maximum Gasteiger partial charge on any atom is 0.314 e. The van der Waals surface area contributed by atoms with Crippen LogP contribution < -0.4 is 4.74 Å². The van der Waals surface area contributed by atoms with Crippen LogP contribution in [0, 0.1) is 12.8 Å². The van der Waals surface area contributed by atoms with Crippen molar-refractivity contribution < 1.29 is 22.7 Å². The second kappa shape index (κ2) is 8.65. The van der Waals surface area contributed by atoms with E-state index in [1.54, 1.807) is 37.3 Å².